The van der Waals surface area contributed by atoms with Crippen LogP contribution in [0.25, 0.3) is 0 Å². The van der Waals surface area contributed by atoms with E-state index >= 15 is 0 Å². The highest BCUT2D eigenvalue weighted by Crippen LogP contribution is 2.42. The summed E-state index contributed by atoms with van der Waals surface area (Å²) in [6, 6.07) is 4.79. The van der Waals surface area contributed by atoms with E-state index in [1.165, 1.54) is 35.3 Å². The Labute approximate surface area is 122 Å². The molecule has 0 bridgehead atoms. The zero-order chi connectivity index (χ0) is 14.3. The lowest BCUT2D eigenvalue weighted by atomic mass is 9.80. The number of nitrogens with one attached hydrogen (secondary N) is 1. The number of anilines is 2. The van der Waals surface area contributed by atoms with Crippen LogP contribution < -0.4 is 10.2 Å². The quantitative estimate of drug-likeness (QED) is 0.786. The molecular formula is C18H26N2. The summed E-state index contributed by atoms with van der Waals surface area (Å²) in [6.07, 6.45) is 8.88. The van der Waals surface area contributed by atoms with Crippen molar-refractivity contribution in [2.24, 2.45) is 5.92 Å². The standard InChI is InChI=1S/C18H26N2/c1-5-17-19-18-13(3)10-14(11-16(18)20(17)4)15-9-7-6-8-12(15)2/h7,9-12,15,17,19H,5-6,8H2,1-4H3. The SMILES string of the molecule is CCC1Nc2c(C)cc(C3C=CCCC3C)cc2N1C. The topological polar surface area (TPSA) is 15.3 Å². The lowest BCUT2D eigenvalue weighted by Crippen LogP contribution is -2.31. The van der Waals surface area contributed by atoms with Crippen LogP contribution in [0.4, 0.5) is 11.4 Å². The van der Waals surface area contributed by atoms with Crippen LogP contribution in [0.3, 0.4) is 0 Å². The van der Waals surface area contributed by atoms with E-state index in [1.807, 2.05) is 0 Å². The third-order valence-corrected chi connectivity index (χ3v) is 5.01. The maximum Gasteiger partial charge on any atom is 0.0985 e. The average Bonchev–Trinajstić information content (AvgIpc) is 2.77. The van der Waals surface area contributed by atoms with Gasteiger partial charge in [0.05, 0.1) is 17.5 Å². The lowest BCUT2D eigenvalue weighted by Gasteiger charge is -2.26. The van der Waals surface area contributed by atoms with E-state index in [9.17, 15) is 0 Å². The van der Waals surface area contributed by atoms with Gasteiger partial charge in [-0.15, -0.1) is 0 Å². The van der Waals surface area contributed by atoms with Crippen molar-refractivity contribution in [1.29, 1.82) is 0 Å². The molecule has 1 heterocycles. The van der Waals surface area contributed by atoms with Crippen LogP contribution in [0.5, 0.6) is 0 Å². The fourth-order valence-corrected chi connectivity index (χ4v) is 3.67. The Morgan fingerprint density at radius 1 is 1.35 bits per heavy atom. The van der Waals surface area contributed by atoms with Crippen molar-refractivity contribution >= 4 is 11.4 Å². The van der Waals surface area contributed by atoms with Crippen molar-refractivity contribution in [2.75, 3.05) is 17.3 Å². The number of hydrogen-bond donors (Lipinski definition) is 1. The van der Waals surface area contributed by atoms with E-state index in [0.29, 0.717) is 12.1 Å². The molecule has 0 fully saturated rings. The van der Waals surface area contributed by atoms with Gasteiger partial charge in [-0.2, -0.15) is 0 Å². The summed E-state index contributed by atoms with van der Waals surface area (Å²) in [4.78, 5) is 2.39. The second kappa shape index (κ2) is 5.16. The number of allylic oxidation sites excluding steroid dienone is 2. The fraction of sp³-hybridized carbons (Fsp3) is 0.556. The van der Waals surface area contributed by atoms with Gasteiger partial charge in [0.2, 0.25) is 0 Å². The first kappa shape index (κ1) is 13.5. The molecule has 3 unspecified atom stereocenters. The van der Waals surface area contributed by atoms with Gasteiger partial charge in [-0.25, -0.2) is 0 Å². The second-order valence-corrected chi connectivity index (χ2v) is 6.42. The number of fused-ring (bicyclic) bond motifs is 1. The minimum Gasteiger partial charge on any atom is -0.363 e. The predicted molar refractivity (Wildman–Crippen MR) is 87.6 cm³/mol. The molecule has 2 heteroatoms. The Hall–Kier alpha value is -1.44. The number of benzene rings is 1. The molecule has 0 saturated carbocycles. The van der Waals surface area contributed by atoms with Crippen LogP contribution in [0.15, 0.2) is 24.3 Å². The highest BCUT2D eigenvalue weighted by Gasteiger charge is 2.28. The van der Waals surface area contributed by atoms with E-state index < -0.39 is 0 Å². The van der Waals surface area contributed by atoms with Gasteiger partial charge < -0.3 is 10.2 Å². The molecule has 1 N–H and O–H groups in total. The fourth-order valence-electron chi connectivity index (χ4n) is 3.67. The van der Waals surface area contributed by atoms with E-state index in [1.54, 1.807) is 0 Å². The Kier molecular flexibility index (Phi) is 3.49. The third kappa shape index (κ3) is 2.11. The van der Waals surface area contributed by atoms with Crippen molar-refractivity contribution in [3.8, 4) is 0 Å². The molecule has 2 nitrogen and oxygen atoms in total. The monoisotopic (exact) mass is 270 g/mol. The number of aryl methyl sites for hydroxylation is 1. The first-order valence-corrected chi connectivity index (χ1v) is 7.92. The summed E-state index contributed by atoms with van der Waals surface area (Å²) in [5.41, 5.74) is 5.56. The van der Waals surface area contributed by atoms with Crippen molar-refractivity contribution in [2.45, 2.75) is 52.1 Å². The van der Waals surface area contributed by atoms with Crippen LogP contribution in [0.1, 0.15) is 50.2 Å². The summed E-state index contributed by atoms with van der Waals surface area (Å²) in [5, 5.41) is 3.65. The second-order valence-electron chi connectivity index (χ2n) is 6.42. The maximum absolute atomic E-state index is 3.65. The van der Waals surface area contributed by atoms with E-state index in [-0.39, 0.29) is 0 Å². The van der Waals surface area contributed by atoms with Crippen molar-refractivity contribution < 1.29 is 0 Å². The molecule has 20 heavy (non-hydrogen) atoms. The smallest absolute Gasteiger partial charge is 0.0985 e. The summed E-state index contributed by atoms with van der Waals surface area (Å²) < 4.78 is 0. The zero-order valence-electron chi connectivity index (χ0n) is 13.1. The van der Waals surface area contributed by atoms with E-state index in [0.717, 1.165) is 12.3 Å². The molecule has 1 aromatic rings. The van der Waals surface area contributed by atoms with Crippen molar-refractivity contribution in [3.05, 3.63) is 35.4 Å². The summed E-state index contributed by atoms with van der Waals surface area (Å²) in [5.74, 6) is 1.33. The molecule has 0 radical (unpaired) electrons. The zero-order valence-corrected chi connectivity index (χ0v) is 13.1. The van der Waals surface area contributed by atoms with Gasteiger partial charge in [-0.05, 0) is 49.3 Å². The minimum absolute atomic E-state index is 0.443. The summed E-state index contributed by atoms with van der Waals surface area (Å²) in [7, 11) is 2.20. The summed E-state index contributed by atoms with van der Waals surface area (Å²) >= 11 is 0. The van der Waals surface area contributed by atoms with Crippen molar-refractivity contribution in [3.63, 3.8) is 0 Å². The van der Waals surface area contributed by atoms with Gasteiger partial charge in [0.1, 0.15) is 0 Å². The van der Waals surface area contributed by atoms with Crippen LogP contribution in [-0.4, -0.2) is 13.2 Å². The Morgan fingerprint density at radius 3 is 2.85 bits per heavy atom. The van der Waals surface area contributed by atoms with Gasteiger partial charge in [-0.1, -0.05) is 32.1 Å². The lowest BCUT2D eigenvalue weighted by molar-refractivity contribution is 0.469. The molecule has 108 valence electrons. The Balaban J connectivity index is 2.00. The average molecular weight is 270 g/mol. The molecule has 0 spiro atoms. The van der Waals surface area contributed by atoms with Gasteiger partial charge in [0.15, 0.2) is 0 Å². The van der Waals surface area contributed by atoms with Gasteiger partial charge in [-0.3, -0.25) is 0 Å². The number of rotatable bonds is 2. The van der Waals surface area contributed by atoms with E-state index in [2.05, 4.69) is 62.3 Å². The summed E-state index contributed by atoms with van der Waals surface area (Å²) in [6.45, 7) is 6.86. The molecule has 3 rings (SSSR count). The van der Waals surface area contributed by atoms with Gasteiger partial charge in [0.25, 0.3) is 0 Å². The van der Waals surface area contributed by atoms with Gasteiger partial charge >= 0.3 is 0 Å². The van der Waals surface area contributed by atoms with Crippen LogP contribution in [-0.2, 0) is 0 Å². The highest BCUT2D eigenvalue weighted by molar-refractivity contribution is 5.79. The normalized spacial score (nSPS) is 28.4. The third-order valence-electron chi connectivity index (χ3n) is 5.01. The number of hydrogen-bond acceptors (Lipinski definition) is 2. The number of nitrogens with zero attached hydrogens (tertiary/aromatic N) is 1. The van der Waals surface area contributed by atoms with Crippen molar-refractivity contribution in [1.82, 2.24) is 0 Å². The Bertz CT molecular complexity index is 532. The van der Waals surface area contributed by atoms with Crippen LogP contribution in [0, 0.1) is 12.8 Å². The largest absolute Gasteiger partial charge is 0.363 e. The molecule has 0 saturated heterocycles. The minimum atomic E-state index is 0.443. The first-order valence-electron chi connectivity index (χ1n) is 7.92. The molecule has 1 aliphatic carbocycles. The predicted octanol–water partition coefficient (Wildman–Crippen LogP) is 4.66. The molecule has 1 aliphatic heterocycles. The molecule has 0 aromatic heterocycles. The molecular weight excluding hydrogens is 244 g/mol. The van der Waals surface area contributed by atoms with E-state index in [4.69, 9.17) is 0 Å². The molecule has 3 atom stereocenters. The Morgan fingerprint density at radius 2 is 2.15 bits per heavy atom. The molecule has 0 amide bonds. The molecule has 2 aliphatic rings. The van der Waals surface area contributed by atoms with Crippen LogP contribution in [0.2, 0.25) is 0 Å². The maximum atomic E-state index is 3.65. The first-order chi connectivity index (χ1) is 9.61. The van der Waals surface area contributed by atoms with Gasteiger partial charge in [0, 0.05) is 13.0 Å². The van der Waals surface area contributed by atoms with Crippen LogP contribution >= 0.6 is 0 Å². The highest BCUT2D eigenvalue weighted by atomic mass is 15.3. The molecule has 1 aromatic carbocycles.